The van der Waals surface area contributed by atoms with Crippen molar-refractivity contribution < 1.29 is 27.1 Å². The fourth-order valence-corrected chi connectivity index (χ4v) is 3.03. The average Bonchev–Trinajstić information content (AvgIpc) is 3.18. The first kappa shape index (κ1) is 21.2. The summed E-state index contributed by atoms with van der Waals surface area (Å²) in [6.07, 6.45) is -2.10. The smallest absolute Gasteiger partial charge is 0.419 e. The molecule has 1 amide bonds. The van der Waals surface area contributed by atoms with Crippen molar-refractivity contribution in [3.8, 4) is 11.6 Å². The number of nitrogens with zero attached hydrogens (tertiary/aromatic N) is 3. The van der Waals surface area contributed by atoms with Crippen molar-refractivity contribution in [3.05, 3.63) is 78.1 Å². The highest BCUT2D eigenvalue weighted by atomic mass is 19.4. The molecule has 0 aliphatic rings. The van der Waals surface area contributed by atoms with Crippen molar-refractivity contribution in [1.82, 2.24) is 14.5 Å². The average molecular weight is 445 g/mol. The normalized spacial score (nSPS) is 11.5. The molecule has 11 heteroatoms. The van der Waals surface area contributed by atoms with Gasteiger partial charge in [-0.1, -0.05) is 0 Å². The molecule has 4 aromatic rings. The van der Waals surface area contributed by atoms with Crippen molar-refractivity contribution in [3.63, 3.8) is 0 Å². The third-order valence-corrected chi connectivity index (χ3v) is 4.53. The highest BCUT2D eigenvalue weighted by Crippen LogP contribution is 2.33. The first-order valence-corrected chi connectivity index (χ1v) is 9.22. The zero-order valence-corrected chi connectivity index (χ0v) is 16.2. The second-order valence-corrected chi connectivity index (χ2v) is 6.68. The van der Waals surface area contributed by atoms with Gasteiger partial charge in [0.15, 0.2) is 0 Å². The molecule has 7 nitrogen and oxygen atoms in total. The summed E-state index contributed by atoms with van der Waals surface area (Å²) in [6.45, 7) is 0.231. The van der Waals surface area contributed by atoms with Crippen LogP contribution in [-0.2, 0) is 12.7 Å². The summed E-state index contributed by atoms with van der Waals surface area (Å²) >= 11 is 0. The second-order valence-electron chi connectivity index (χ2n) is 6.68. The van der Waals surface area contributed by atoms with Gasteiger partial charge in [-0.2, -0.15) is 13.2 Å². The Morgan fingerprint density at radius 1 is 1.09 bits per heavy atom. The van der Waals surface area contributed by atoms with Gasteiger partial charge in [-0.05, 0) is 42.5 Å². The van der Waals surface area contributed by atoms with Crippen LogP contribution in [0.15, 0.2) is 61.1 Å². The Labute approximate surface area is 178 Å². The third kappa shape index (κ3) is 4.37. The first-order valence-electron chi connectivity index (χ1n) is 9.22. The Kier molecular flexibility index (Phi) is 5.49. The van der Waals surface area contributed by atoms with E-state index in [9.17, 15) is 22.4 Å². The molecule has 3 N–H and O–H groups in total. The van der Waals surface area contributed by atoms with Gasteiger partial charge in [0.1, 0.15) is 17.9 Å². The minimum absolute atomic E-state index is 0.190. The van der Waals surface area contributed by atoms with Gasteiger partial charge in [0.05, 0.1) is 16.8 Å². The van der Waals surface area contributed by atoms with Crippen molar-refractivity contribution in [2.75, 3.05) is 5.32 Å². The van der Waals surface area contributed by atoms with Gasteiger partial charge < -0.3 is 15.8 Å². The zero-order valence-electron chi connectivity index (χ0n) is 16.2. The maximum atomic E-state index is 13.5. The van der Waals surface area contributed by atoms with E-state index < -0.39 is 23.6 Å². The number of fused-ring (bicyclic) bond motifs is 1. The van der Waals surface area contributed by atoms with E-state index in [1.807, 2.05) is 0 Å². The quantitative estimate of drug-likeness (QED) is 0.435. The predicted molar refractivity (Wildman–Crippen MR) is 108 cm³/mol. The lowest BCUT2D eigenvalue weighted by Gasteiger charge is -2.12. The number of nitrogens with two attached hydrogens (primary N) is 1. The monoisotopic (exact) mass is 445 g/mol. The van der Waals surface area contributed by atoms with Crippen LogP contribution in [0.3, 0.4) is 0 Å². The van der Waals surface area contributed by atoms with Gasteiger partial charge in [0, 0.05) is 29.9 Å². The zero-order chi connectivity index (χ0) is 22.9. The molecule has 0 unspecified atom stereocenters. The van der Waals surface area contributed by atoms with Crippen LogP contribution >= 0.6 is 0 Å². The van der Waals surface area contributed by atoms with E-state index in [1.54, 1.807) is 30.3 Å². The SMILES string of the molecule is NCc1cc(Oc2ccc3c(ccn3C(=O)Nc3ccc(F)c(C(F)(F)F)c3)c2)ncn1. The Bertz CT molecular complexity index is 1300. The van der Waals surface area contributed by atoms with Crippen LogP contribution in [-0.4, -0.2) is 20.6 Å². The number of anilines is 1. The van der Waals surface area contributed by atoms with Crippen LogP contribution in [0.25, 0.3) is 10.9 Å². The summed E-state index contributed by atoms with van der Waals surface area (Å²) in [4.78, 5) is 20.6. The number of hydrogen-bond donors (Lipinski definition) is 2. The molecule has 2 heterocycles. The van der Waals surface area contributed by atoms with E-state index >= 15 is 0 Å². The molecular weight excluding hydrogens is 430 g/mol. The fourth-order valence-electron chi connectivity index (χ4n) is 3.03. The largest absolute Gasteiger partial charge is 0.439 e. The van der Waals surface area contributed by atoms with E-state index in [4.69, 9.17) is 10.5 Å². The summed E-state index contributed by atoms with van der Waals surface area (Å²) in [6, 6.07) is 9.66. The lowest BCUT2D eigenvalue weighted by atomic mass is 10.2. The molecule has 0 bridgehead atoms. The molecule has 164 valence electrons. The third-order valence-electron chi connectivity index (χ3n) is 4.53. The van der Waals surface area contributed by atoms with Crippen LogP contribution in [0.2, 0.25) is 0 Å². The number of carbonyl (C=O) groups excluding carboxylic acids is 1. The molecule has 32 heavy (non-hydrogen) atoms. The number of carbonyl (C=O) groups is 1. The molecule has 2 aromatic carbocycles. The number of halogens is 4. The van der Waals surface area contributed by atoms with Crippen LogP contribution in [0, 0.1) is 5.82 Å². The Morgan fingerprint density at radius 3 is 2.66 bits per heavy atom. The molecule has 0 spiro atoms. The summed E-state index contributed by atoms with van der Waals surface area (Å²) in [5.74, 6) is -0.670. The van der Waals surface area contributed by atoms with E-state index in [-0.39, 0.29) is 12.2 Å². The minimum atomic E-state index is -4.88. The van der Waals surface area contributed by atoms with Crippen LogP contribution in [0.4, 0.5) is 28.0 Å². The minimum Gasteiger partial charge on any atom is -0.439 e. The molecule has 0 aliphatic heterocycles. The van der Waals surface area contributed by atoms with Crippen molar-refractivity contribution in [2.24, 2.45) is 5.73 Å². The van der Waals surface area contributed by atoms with Gasteiger partial charge in [-0.25, -0.2) is 19.2 Å². The summed E-state index contributed by atoms with van der Waals surface area (Å²) < 4.78 is 59.1. The predicted octanol–water partition coefficient (Wildman–Crippen LogP) is 4.92. The van der Waals surface area contributed by atoms with Crippen LogP contribution < -0.4 is 15.8 Å². The van der Waals surface area contributed by atoms with Crippen molar-refractivity contribution in [2.45, 2.75) is 12.7 Å². The number of amides is 1. The Balaban J connectivity index is 1.56. The van der Waals surface area contributed by atoms with Gasteiger partial charge in [0.25, 0.3) is 0 Å². The van der Waals surface area contributed by atoms with Crippen LogP contribution in [0.5, 0.6) is 11.6 Å². The molecule has 0 radical (unpaired) electrons. The number of hydrogen-bond acceptors (Lipinski definition) is 5. The molecule has 2 aromatic heterocycles. The number of benzene rings is 2. The van der Waals surface area contributed by atoms with Crippen molar-refractivity contribution in [1.29, 1.82) is 0 Å². The molecule has 0 saturated heterocycles. The summed E-state index contributed by atoms with van der Waals surface area (Å²) in [5.41, 5.74) is 4.99. The first-order chi connectivity index (χ1) is 15.2. The molecule has 0 fully saturated rings. The van der Waals surface area contributed by atoms with Crippen molar-refractivity contribution >= 4 is 22.6 Å². The summed E-state index contributed by atoms with van der Waals surface area (Å²) in [7, 11) is 0. The van der Waals surface area contributed by atoms with E-state index in [2.05, 4.69) is 15.3 Å². The fraction of sp³-hybridized carbons (Fsp3) is 0.0952. The number of rotatable bonds is 4. The number of alkyl halides is 3. The standard InChI is InChI=1S/C21H15F4N5O2/c22-17-3-1-13(8-16(17)21(23,24)25)29-20(31)30-6-5-12-7-15(2-4-18(12)30)32-19-9-14(10-26)27-11-28-19/h1-9,11H,10,26H2,(H,29,31). The second kappa shape index (κ2) is 8.27. The Hall–Kier alpha value is -3.99. The lowest BCUT2D eigenvalue weighted by molar-refractivity contribution is -0.139. The topological polar surface area (TPSA) is 95.1 Å². The van der Waals surface area contributed by atoms with Gasteiger partial charge in [0.2, 0.25) is 5.88 Å². The molecule has 4 rings (SSSR count). The summed E-state index contributed by atoms with van der Waals surface area (Å²) in [5, 5.41) is 2.98. The van der Waals surface area contributed by atoms with Gasteiger partial charge >= 0.3 is 12.2 Å². The highest BCUT2D eigenvalue weighted by molar-refractivity contribution is 5.98. The van der Waals surface area contributed by atoms with Crippen LogP contribution in [0.1, 0.15) is 11.3 Å². The maximum absolute atomic E-state index is 13.5. The molecule has 0 aliphatic carbocycles. The molecule has 0 atom stereocenters. The number of ether oxygens (including phenoxy) is 1. The van der Waals surface area contributed by atoms with E-state index in [0.29, 0.717) is 40.4 Å². The number of aromatic nitrogens is 3. The van der Waals surface area contributed by atoms with E-state index in [1.165, 1.54) is 17.1 Å². The highest BCUT2D eigenvalue weighted by Gasteiger charge is 2.34. The van der Waals surface area contributed by atoms with E-state index in [0.717, 1.165) is 6.07 Å². The Morgan fingerprint density at radius 2 is 1.91 bits per heavy atom. The maximum Gasteiger partial charge on any atom is 0.419 e. The van der Waals surface area contributed by atoms with Gasteiger partial charge in [-0.3, -0.25) is 4.57 Å². The molecular formula is C21H15F4N5O2. The van der Waals surface area contributed by atoms with Gasteiger partial charge in [-0.15, -0.1) is 0 Å². The lowest BCUT2D eigenvalue weighted by Crippen LogP contribution is -2.19. The molecule has 0 saturated carbocycles. The number of nitrogens with one attached hydrogen (secondary N) is 1.